The van der Waals surface area contributed by atoms with Gasteiger partial charge in [-0.1, -0.05) is 235 Å². The number of aromatic nitrogens is 4. The Morgan fingerprint density at radius 2 is 0.726 bits per heavy atom. The lowest BCUT2D eigenvalue weighted by atomic mass is 9.45. The predicted molar refractivity (Wildman–Crippen MR) is 361 cm³/mol. The summed E-state index contributed by atoms with van der Waals surface area (Å²) >= 11 is 0. The first-order chi connectivity index (χ1) is 40.3. The quantitative estimate of drug-likeness (QED) is 0.154. The summed E-state index contributed by atoms with van der Waals surface area (Å²) in [6, 6.07) is 71.9. The lowest BCUT2D eigenvalue weighted by Gasteiger charge is -2.35. The van der Waals surface area contributed by atoms with E-state index < -0.39 is 0 Å². The van der Waals surface area contributed by atoms with Gasteiger partial charge in [0.05, 0.1) is 33.1 Å². The fourth-order valence-corrected chi connectivity index (χ4v) is 16.2. The number of nitrogens with zero attached hydrogens (tertiary/aromatic N) is 4. The maximum Gasteiger partial charge on any atom is 0.333 e. The van der Waals surface area contributed by atoms with Crippen LogP contribution in [-0.2, 0) is 21.7 Å². The molecule has 0 amide bonds. The molecule has 0 unspecified atom stereocenters. The number of rotatable bonds is 2. The van der Waals surface area contributed by atoms with Crippen LogP contribution in [0.25, 0.3) is 132 Å². The summed E-state index contributed by atoms with van der Waals surface area (Å²) in [6.07, 6.45) is 0. The molecule has 8 heterocycles. The monoisotopic (exact) mass is 1080 g/mol. The summed E-state index contributed by atoms with van der Waals surface area (Å²) in [7, 11) is 0. The standard InChI is InChI=1S/C78H66B2N4/c1-75(2,3)45-36-43(37-46(40-45)76(4,5)6)49-32-35-56-70-66(49)53-34-33-52-50-22-13-17-28-61(50)81-63-30-19-15-26-59(63)79(67(53)71(52)81)84(70)73-55-25-21-24-54-65-57(44-38-47(77(7,8)9)41-48(39-44)78(10,11)12)42-58-51-23-14-18-29-62(51)82-64-31-20-16-27-60(64)80(68(65)72(58)82)83(69(54)55)74(56)73/h13-42H,1-12H3. The molecule has 0 N–H and O–H groups in total. The van der Waals surface area contributed by atoms with E-state index in [2.05, 4.69) is 283 Å². The van der Waals surface area contributed by atoms with Crippen molar-refractivity contribution in [2.75, 3.05) is 0 Å². The first-order valence-corrected chi connectivity index (χ1v) is 30.6. The van der Waals surface area contributed by atoms with Crippen LogP contribution in [0, 0.1) is 0 Å². The summed E-state index contributed by atoms with van der Waals surface area (Å²) in [5, 5.41) is 7.81. The highest BCUT2D eigenvalue weighted by Gasteiger charge is 2.47. The molecule has 0 bridgehead atoms. The van der Waals surface area contributed by atoms with E-state index in [-0.39, 0.29) is 35.4 Å². The highest BCUT2D eigenvalue weighted by molar-refractivity contribution is 6.92. The summed E-state index contributed by atoms with van der Waals surface area (Å²) in [5.74, 6) is 0. The van der Waals surface area contributed by atoms with Crippen molar-refractivity contribution in [2.45, 2.75) is 105 Å². The molecule has 0 aliphatic carbocycles. The fraction of sp³-hybridized carbons (Fsp3) is 0.205. The Labute approximate surface area is 492 Å². The molecule has 0 atom stereocenters. The highest BCUT2D eigenvalue weighted by atomic mass is 15.1. The normalized spacial score (nSPS) is 14.1. The average Bonchev–Trinajstić information content (AvgIpc) is 1.55. The predicted octanol–water partition coefficient (Wildman–Crippen LogP) is 17.4. The van der Waals surface area contributed by atoms with Crippen LogP contribution in [0.5, 0.6) is 0 Å². The largest absolute Gasteiger partial charge is 0.374 e. The van der Waals surface area contributed by atoms with Crippen LogP contribution in [0.4, 0.5) is 0 Å². The summed E-state index contributed by atoms with van der Waals surface area (Å²) in [6.45, 7) is 28.2. The lowest BCUT2D eigenvalue weighted by Crippen LogP contribution is -2.55. The average molecular weight is 1080 g/mol. The zero-order valence-electron chi connectivity index (χ0n) is 50.3. The Hall–Kier alpha value is -8.73. The van der Waals surface area contributed by atoms with Crippen LogP contribution < -0.4 is 21.9 Å². The van der Waals surface area contributed by atoms with Crippen molar-refractivity contribution in [3.8, 4) is 55.9 Å². The van der Waals surface area contributed by atoms with Gasteiger partial charge in [-0.25, -0.2) is 0 Å². The van der Waals surface area contributed by atoms with Gasteiger partial charge in [-0.05, 0) is 129 Å². The van der Waals surface area contributed by atoms with Crippen molar-refractivity contribution >= 4 is 112 Å². The molecular formula is C78H66B2N4. The molecule has 84 heavy (non-hydrogen) atoms. The third-order valence-electron chi connectivity index (χ3n) is 20.3. The number of para-hydroxylation sites is 5. The third-order valence-corrected chi connectivity index (χ3v) is 20.3. The lowest BCUT2D eigenvalue weighted by molar-refractivity contribution is 0.568. The Kier molecular flexibility index (Phi) is 9.13. The van der Waals surface area contributed by atoms with Gasteiger partial charge in [0.1, 0.15) is 0 Å². The molecule has 0 radical (unpaired) electrons. The van der Waals surface area contributed by atoms with E-state index in [1.165, 1.54) is 176 Å². The molecular weight excluding hydrogens is 1010 g/mol. The van der Waals surface area contributed by atoms with Gasteiger partial charge in [-0.15, -0.1) is 0 Å². The molecule has 0 saturated carbocycles. The molecule has 0 fully saturated rings. The molecule has 0 saturated heterocycles. The molecule has 14 aromatic rings. The Morgan fingerprint density at radius 1 is 0.286 bits per heavy atom. The van der Waals surface area contributed by atoms with Gasteiger partial charge in [0.2, 0.25) is 0 Å². The van der Waals surface area contributed by atoms with E-state index in [1.54, 1.807) is 0 Å². The van der Waals surface area contributed by atoms with Gasteiger partial charge in [-0.2, -0.15) is 0 Å². The minimum atomic E-state index is -0.130. The van der Waals surface area contributed by atoms with Gasteiger partial charge in [0.15, 0.2) is 0 Å². The van der Waals surface area contributed by atoms with Gasteiger partial charge >= 0.3 is 13.7 Å². The second-order valence-electron chi connectivity index (χ2n) is 29.3. The van der Waals surface area contributed by atoms with Crippen molar-refractivity contribution in [3.05, 3.63) is 204 Å². The van der Waals surface area contributed by atoms with E-state index in [0.717, 1.165) is 0 Å². The maximum atomic E-state index is 2.87. The molecule has 404 valence electrons. The smallest absolute Gasteiger partial charge is 0.333 e. The molecule has 6 heteroatoms. The van der Waals surface area contributed by atoms with Crippen LogP contribution in [0.15, 0.2) is 182 Å². The molecule has 4 aliphatic heterocycles. The van der Waals surface area contributed by atoms with Crippen LogP contribution in [-0.4, -0.2) is 31.8 Å². The Bertz CT molecular complexity index is 5300. The molecule has 4 aliphatic rings. The minimum absolute atomic E-state index is 0.0527. The van der Waals surface area contributed by atoms with E-state index in [1.807, 2.05) is 0 Å². The second-order valence-corrected chi connectivity index (χ2v) is 29.3. The SMILES string of the molecule is CC(C)(C)c1cc(-c2cc3c4ccccc4n4c3c3c2-c2cccc5c2n(c2c6ccc(-c7cc(C(C)(C)C)cc(C(C)(C)C)c7)c7c6n(c52)B2c5ccccc5-n5c6ccccc6c6ccc-7c2c65)B3c2ccccc2-4)cc(C(C)(C)C)c1. The zero-order chi connectivity index (χ0) is 57.2. The minimum Gasteiger partial charge on any atom is -0.374 e. The molecule has 10 aromatic carbocycles. The Morgan fingerprint density at radius 3 is 1.30 bits per heavy atom. The second kappa shape index (κ2) is 15.7. The summed E-state index contributed by atoms with van der Waals surface area (Å²) < 4.78 is 11.0. The number of benzene rings is 10. The molecule has 18 rings (SSSR count). The Balaban J connectivity index is 1.06. The van der Waals surface area contributed by atoms with Crippen molar-refractivity contribution in [2.24, 2.45) is 0 Å². The van der Waals surface area contributed by atoms with Gasteiger partial charge in [0.25, 0.3) is 0 Å². The van der Waals surface area contributed by atoms with Crippen LogP contribution in [0.1, 0.15) is 105 Å². The van der Waals surface area contributed by atoms with E-state index >= 15 is 0 Å². The first kappa shape index (κ1) is 48.8. The van der Waals surface area contributed by atoms with E-state index in [9.17, 15) is 0 Å². The van der Waals surface area contributed by atoms with Crippen molar-refractivity contribution in [1.29, 1.82) is 0 Å². The van der Waals surface area contributed by atoms with Gasteiger partial charge < -0.3 is 18.1 Å². The first-order valence-electron chi connectivity index (χ1n) is 30.6. The number of hydrogen-bond donors (Lipinski definition) is 0. The molecule has 0 spiro atoms. The topological polar surface area (TPSA) is 19.7 Å². The van der Waals surface area contributed by atoms with Crippen LogP contribution in [0.2, 0.25) is 0 Å². The van der Waals surface area contributed by atoms with Crippen LogP contribution >= 0.6 is 0 Å². The fourth-order valence-electron chi connectivity index (χ4n) is 16.2. The van der Waals surface area contributed by atoms with E-state index in [4.69, 9.17) is 0 Å². The van der Waals surface area contributed by atoms with Gasteiger partial charge in [0, 0.05) is 65.9 Å². The summed E-state index contributed by atoms with van der Waals surface area (Å²) in [4.78, 5) is 0. The third kappa shape index (κ3) is 6.06. The maximum absolute atomic E-state index is 2.87. The van der Waals surface area contributed by atoms with Crippen molar-refractivity contribution < 1.29 is 0 Å². The summed E-state index contributed by atoms with van der Waals surface area (Å²) in [5.41, 5.74) is 34.1. The molecule has 4 aromatic heterocycles. The van der Waals surface area contributed by atoms with Crippen molar-refractivity contribution in [3.63, 3.8) is 0 Å². The van der Waals surface area contributed by atoms with Gasteiger partial charge in [-0.3, -0.25) is 0 Å². The highest BCUT2D eigenvalue weighted by Crippen LogP contribution is 2.54. The number of fused-ring (bicyclic) bond motifs is 21. The van der Waals surface area contributed by atoms with Crippen molar-refractivity contribution in [1.82, 2.24) is 18.1 Å². The number of hydrogen-bond acceptors (Lipinski definition) is 0. The van der Waals surface area contributed by atoms with E-state index in [0.29, 0.717) is 0 Å². The van der Waals surface area contributed by atoms with Crippen LogP contribution in [0.3, 0.4) is 0 Å². The molecule has 4 nitrogen and oxygen atoms in total. The zero-order valence-corrected chi connectivity index (χ0v) is 50.3.